The number of nitrogens with zero attached hydrogens (tertiary/aromatic N) is 3. The largest absolute Gasteiger partial charge is 0.497 e. The van der Waals surface area contributed by atoms with E-state index in [1.807, 2.05) is 42.5 Å². The fourth-order valence-electron chi connectivity index (χ4n) is 2.52. The van der Waals surface area contributed by atoms with Gasteiger partial charge in [-0.2, -0.15) is 14.9 Å². The third-order valence-electron chi connectivity index (χ3n) is 3.90. The molecule has 0 saturated heterocycles. The quantitative estimate of drug-likeness (QED) is 0.558. The lowest BCUT2D eigenvalue weighted by Crippen LogP contribution is -2.07. The molecule has 0 aliphatic heterocycles. The summed E-state index contributed by atoms with van der Waals surface area (Å²) in [5, 5.41) is 6.24. The molecule has 0 radical (unpaired) electrons. The second-order valence-corrected chi connectivity index (χ2v) is 6.87. The zero-order valence-corrected chi connectivity index (χ0v) is 16.0. The number of hydrogen-bond donors (Lipinski definition) is 1. The zero-order valence-electron chi connectivity index (χ0n) is 15.1. The van der Waals surface area contributed by atoms with Gasteiger partial charge in [0.15, 0.2) is 0 Å². The van der Waals surface area contributed by atoms with Gasteiger partial charge in [0.05, 0.1) is 24.8 Å². The highest BCUT2D eigenvalue weighted by Gasteiger charge is 2.10. The number of benzene rings is 1. The van der Waals surface area contributed by atoms with E-state index in [1.54, 1.807) is 7.11 Å². The maximum Gasteiger partial charge on any atom is 0.318 e. The Morgan fingerprint density at radius 1 is 1.07 bits per heavy atom. The molecule has 0 atom stereocenters. The minimum atomic E-state index is 0.167. The Labute approximate surface area is 161 Å². The van der Waals surface area contributed by atoms with Crippen LogP contribution in [0.1, 0.15) is 10.4 Å². The summed E-state index contributed by atoms with van der Waals surface area (Å²) in [5.41, 5.74) is 1.95. The van der Waals surface area contributed by atoms with Crippen LogP contribution in [0.5, 0.6) is 11.8 Å². The number of hydrogen-bond acceptors (Lipinski definition) is 8. The zero-order chi connectivity index (χ0) is 19.1. The molecule has 0 aliphatic carbocycles. The van der Waals surface area contributed by atoms with Crippen LogP contribution in [-0.4, -0.2) is 30.7 Å². The van der Waals surface area contributed by atoms with Crippen LogP contribution in [0.25, 0.3) is 10.6 Å². The number of nitroso groups, excluding NO2 is 1. The average Bonchev–Trinajstić information content (AvgIpc) is 3.17. The number of anilines is 1. The number of nitrogens with one attached hydrogen (secondary N) is 1. The van der Waals surface area contributed by atoms with Crippen molar-refractivity contribution in [3.8, 4) is 22.3 Å². The molecule has 1 aromatic carbocycles. The summed E-state index contributed by atoms with van der Waals surface area (Å²) >= 11 is 1.48. The Balaban J connectivity index is 1.69. The first-order valence-corrected chi connectivity index (χ1v) is 9.21. The van der Waals surface area contributed by atoms with Crippen molar-refractivity contribution in [2.75, 3.05) is 26.1 Å². The van der Waals surface area contributed by atoms with Gasteiger partial charge in [-0.15, -0.1) is 11.3 Å². The van der Waals surface area contributed by atoms with Crippen LogP contribution >= 0.6 is 11.3 Å². The maximum atomic E-state index is 10.4. The van der Waals surface area contributed by atoms with Crippen molar-refractivity contribution in [3.05, 3.63) is 57.8 Å². The number of rotatable bonds is 9. The average molecular weight is 384 g/mol. The van der Waals surface area contributed by atoms with Crippen LogP contribution in [0.3, 0.4) is 0 Å². The van der Waals surface area contributed by atoms with E-state index >= 15 is 0 Å². The third-order valence-corrected chi connectivity index (χ3v) is 4.99. The van der Waals surface area contributed by atoms with Crippen LogP contribution in [0.15, 0.2) is 47.6 Å². The van der Waals surface area contributed by atoms with E-state index in [1.165, 1.54) is 24.0 Å². The van der Waals surface area contributed by atoms with Crippen LogP contribution in [0, 0.1) is 4.91 Å². The molecule has 0 unspecified atom stereocenters. The Morgan fingerprint density at radius 3 is 2.59 bits per heavy atom. The van der Waals surface area contributed by atoms with E-state index in [2.05, 4.69) is 20.5 Å². The van der Waals surface area contributed by atoms with Gasteiger partial charge < -0.3 is 14.8 Å². The van der Waals surface area contributed by atoms with E-state index in [-0.39, 0.29) is 6.54 Å². The minimum absolute atomic E-state index is 0.167. The first-order valence-electron chi connectivity index (χ1n) is 8.40. The molecule has 0 amide bonds. The van der Waals surface area contributed by atoms with Crippen molar-refractivity contribution >= 4 is 17.2 Å². The van der Waals surface area contributed by atoms with Gasteiger partial charge in [-0.3, -0.25) is 0 Å². The van der Waals surface area contributed by atoms with Gasteiger partial charge >= 0.3 is 6.01 Å². The molecule has 3 rings (SSSR count). The number of ether oxygens (including phenoxy) is 2. The first-order chi connectivity index (χ1) is 13.2. The minimum Gasteiger partial charge on any atom is -0.497 e. The Morgan fingerprint density at radius 2 is 1.89 bits per heavy atom. The van der Waals surface area contributed by atoms with Crippen molar-refractivity contribution in [3.63, 3.8) is 0 Å². The third kappa shape index (κ3) is 5.01. The van der Waals surface area contributed by atoms with Crippen molar-refractivity contribution in [1.82, 2.24) is 9.97 Å². The molecule has 7 nitrogen and oxygen atoms in total. The first kappa shape index (κ1) is 18.8. The second-order valence-electron chi connectivity index (χ2n) is 5.70. The van der Waals surface area contributed by atoms with Gasteiger partial charge in [-0.05, 0) is 36.2 Å². The number of methoxy groups -OCH3 is 2. The molecule has 8 heteroatoms. The molecule has 0 spiro atoms. The van der Waals surface area contributed by atoms with E-state index in [0.717, 1.165) is 34.2 Å². The van der Waals surface area contributed by atoms with Gasteiger partial charge in [0, 0.05) is 17.5 Å². The molecular weight excluding hydrogens is 364 g/mol. The molecule has 2 heterocycles. The SMILES string of the molecule is COc1ccc(CCNc2cc(-c3ccc(CN=O)s3)nc(OC)n2)cc1. The molecule has 1 N–H and O–H groups in total. The second kappa shape index (κ2) is 9.09. The Bertz CT molecular complexity index is 896. The van der Waals surface area contributed by atoms with Crippen LogP contribution in [0.4, 0.5) is 5.82 Å². The monoisotopic (exact) mass is 384 g/mol. The molecule has 2 aromatic heterocycles. The van der Waals surface area contributed by atoms with Crippen molar-refractivity contribution in [2.45, 2.75) is 13.0 Å². The summed E-state index contributed by atoms with van der Waals surface area (Å²) in [6.45, 7) is 0.885. The van der Waals surface area contributed by atoms with Crippen LogP contribution < -0.4 is 14.8 Å². The molecule has 0 aliphatic rings. The van der Waals surface area contributed by atoms with Crippen LogP contribution in [-0.2, 0) is 13.0 Å². The maximum absolute atomic E-state index is 10.4. The van der Waals surface area contributed by atoms with E-state index in [0.29, 0.717) is 11.8 Å². The highest BCUT2D eigenvalue weighted by atomic mass is 32.1. The lowest BCUT2D eigenvalue weighted by atomic mass is 10.1. The lowest BCUT2D eigenvalue weighted by molar-refractivity contribution is 0.381. The van der Waals surface area contributed by atoms with Gasteiger partial charge in [0.2, 0.25) is 0 Å². The predicted molar refractivity (Wildman–Crippen MR) is 107 cm³/mol. The Hall–Kier alpha value is -3.00. The summed E-state index contributed by atoms with van der Waals surface area (Å²) in [6.07, 6.45) is 0.847. The number of thiophene rings is 1. The van der Waals surface area contributed by atoms with Crippen LogP contribution in [0.2, 0.25) is 0 Å². The summed E-state index contributed by atoms with van der Waals surface area (Å²) in [4.78, 5) is 21.0. The summed E-state index contributed by atoms with van der Waals surface area (Å²) in [6, 6.07) is 14.0. The highest BCUT2D eigenvalue weighted by molar-refractivity contribution is 7.15. The van der Waals surface area contributed by atoms with E-state index in [4.69, 9.17) is 9.47 Å². The van der Waals surface area contributed by atoms with E-state index < -0.39 is 0 Å². The van der Waals surface area contributed by atoms with Gasteiger partial charge in [-0.1, -0.05) is 17.3 Å². The Kier molecular flexibility index (Phi) is 6.32. The van der Waals surface area contributed by atoms with E-state index in [9.17, 15) is 4.91 Å². The summed E-state index contributed by atoms with van der Waals surface area (Å²) in [5.74, 6) is 1.53. The fourth-order valence-corrected chi connectivity index (χ4v) is 3.41. The highest BCUT2D eigenvalue weighted by Crippen LogP contribution is 2.29. The van der Waals surface area contributed by atoms with Gasteiger partial charge in [0.1, 0.15) is 18.1 Å². The smallest absolute Gasteiger partial charge is 0.318 e. The number of aromatic nitrogens is 2. The van der Waals surface area contributed by atoms with Crippen molar-refractivity contribution < 1.29 is 9.47 Å². The molecular formula is C19H20N4O3S. The van der Waals surface area contributed by atoms with Gasteiger partial charge in [0.25, 0.3) is 0 Å². The molecule has 0 bridgehead atoms. The molecule has 140 valence electrons. The fraction of sp³-hybridized carbons (Fsp3) is 0.263. The predicted octanol–water partition coefficient (Wildman–Crippen LogP) is 4.14. The molecule has 3 aromatic rings. The van der Waals surface area contributed by atoms with Crippen molar-refractivity contribution in [2.24, 2.45) is 5.18 Å². The summed E-state index contributed by atoms with van der Waals surface area (Å²) < 4.78 is 10.4. The summed E-state index contributed by atoms with van der Waals surface area (Å²) in [7, 11) is 3.19. The molecule has 0 fully saturated rings. The normalized spacial score (nSPS) is 10.4. The van der Waals surface area contributed by atoms with Crippen molar-refractivity contribution in [1.29, 1.82) is 0 Å². The lowest BCUT2D eigenvalue weighted by Gasteiger charge is -2.09. The van der Waals surface area contributed by atoms with Gasteiger partial charge in [-0.25, -0.2) is 0 Å². The molecule has 0 saturated carbocycles. The topological polar surface area (TPSA) is 85.7 Å². The standard InChI is InChI=1S/C19H20N4O3S/c1-25-14-5-3-13(4-6-14)9-10-20-18-11-16(22-19(23-18)26-2)17-8-7-15(27-17)12-21-24/h3-8,11H,9-10,12H2,1-2H3,(H,20,22,23). The molecule has 27 heavy (non-hydrogen) atoms.